The Bertz CT molecular complexity index is 617. The number of carbonyl (C=O) groups excluding carboxylic acids is 2. The minimum Gasteiger partial charge on any atom is -0.493 e. The van der Waals surface area contributed by atoms with Crippen LogP contribution in [0, 0.1) is 0 Å². The summed E-state index contributed by atoms with van der Waals surface area (Å²) in [6, 6.07) is 3.06. The molecule has 0 heterocycles. The van der Waals surface area contributed by atoms with E-state index in [1.807, 2.05) is 0 Å². The fourth-order valence-corrected chi connectivity index (χ4v) is 2.43. The lowest BCUT2D eigenvalue weighted by Crippen LogP contribution is -2.51. The van der Waals surface area contributed by atoms with Crippen LogP contribution in [-0.4, -0.2) is 69.0 Å². The van der Waals surface area contributed by atoms with Gasteiger partial charge in [-0.1, -0.05) is 0 Å². The van der Waals surface area contributed by atoms with Gasteiger partial charge in [-0.05, 0) is 26.0 Å². The highest BCUT2D eigenvalue weighted by atomic mass is 16.5. The number of nitrogens with zero attached hydrogens (tertiary/aromatic N) is 1. The van der Waals surface area contributed by atoms with Crippen molar-refractivity contribution in [2.24, 2.45) is 0 Å². The van der Waals surface area contributed by atoms with Gasteiger partial charge in [0.15, 0.2) is 11.5 Å². The third-order valence-electron chi connectivity index (χ3n) is 4.04. The second kappa shape index (κ2) is 9.28. The summed E-state index contributed by atoms with van der Waals surface area (Å²) in [6.07, 6.45) is 0.0100. The van der Waals surface area contributed by atoms with Gasteiger partial charge >= 0.3 is 5.97 Å². The van der Waals surface area contributed by atoms with Crippen molar-refractivity contribution in [2.75, 3.05) is 41.6 Å². The molecule has 0 spiro atoms. The predicted octanol–water partition coefficient (Wildman–Crippen LogP) is 1.49. The number of methoxy groups -OCH3 is 4. The van der Waals surface area contributed by atoms with Crippen molar-refractivity contribution in [1.82, 2.24) is 4.90 Å². The summed E-state index contributed by atoms with van der Waals surface area (Å²) in [5.74, 6) is 0.220. The minimum absolute atomic E-state index is 0.0100. The Morgan fingerprint density at radius 1 is 1.04 bits per heavy atom. The van der Waals surface area contributed by atoms with Gasteiger partial charge in [0, 0.05) is 12.1 Å². The van der Waals surface area contributed by atoms with Crippen LogP contribution in [0.3, 0.4) is 0 Å². The molecule has 0 aliphatic heterocycles. The second-order valence-electron chi connectivity index (χ2n) is 6.17. The van der Waals surface area contributed by atoms with Crippen LogP contribution in [0.25, 0.3) is 0 Å². The highest BCUT2D eigenvalue weighted by molar-refractivity contribution is 5.96. The normalized spacial score (nSPS) is 10.9. The number of esters is 1. The zero-order chi connectivity index (χ0) is 19.9. The fraction of sp³-hybridized carbons (Fsp3) is 0.556. The van der Waals surface area contributed by atoms with Crippen LogP contribution in [0.4, 0.5) is 0 Å². The van der Waals surface area contributed by atoms with Gasteiger partial charge in [-0.2, -0.15) is 0 Å². The minimum atomic E-state index is -0.883. The van der Waals surface area contributed by atoms with Crippen LogP contribution in [0.5, 0.6) is 17.2 Å². The maximum absolute atomic E-state index is 13.1. The zero-order valence-corrected chi connectivity index (χ0v) is 16.1. The number of hydrogen-bond acceptors (Lipinski definition) is 7. The molecule has 0 atom stereocenters. The van der Waals surface area contributed by atoms with E-state index in [0.29, 0.717) is 17.2 Å². The summed E-state index contributed by atoms with van der Waals surface area (Å²) in [7, 11) is 5.67. The standard InChI is InChI=1S/C18H27NO7/c1-18(2,11-20)19(8-7-15(21)25-5)17(22)12-9-13(23-3)16(26-6)14(10-12)24-4/h9-10,20H,7-8,11H2,1-6H3. The predicted molar refractivity (Wildman–Crippen MR) is 94.9 cm³/mol. The molecule has 0 radical (unpaired) electrons. The molecule has 8 nitrogen and oxygen atoms in total. The average Bonchev–Trinajstić information content (AvgIpc) is 2.65. The lowest BCUT2D eigenvalue weighted by Gasteiger charge is -2.37. The smallest absolute Gasteiger partial charge is 0.307 e. The second-order valence-corrected chi connectivity index (χ2v) is 6.17. The summed E-state index contributed by atoms with van der Waals surface area (Å²) in [4.78, 5) is 26.0. The lowest BCUT2D eigenvalue weighted by atomic mass is 10.0. The van der Waals surface area contributed by atoms with E-state index in [2.05, 4.69) is 4.74 Å². The van der Waals surface area contributed by atoms with E-state index in [1.54, 1.807) is 13.8 Å². The molecule has 1 amide bonds. The number of benzene rings is 1. The van der Waals surface area contributed by atoms with Crippen molar-refractivity contribution in [3.63, 3.8) is 0 Å². The summed E-state index contributed by atoms with van der Waals surface area (Å²) < 4.78 is 20.5. The molecule has 1 N–H and O–H groups in total. The number of rotatable bonds is 9. The summed E-state index contributed by atoms with van der Waals surface area (Å²) in [5, 5.41) is 9.69. The molecule has 0 saturated heterocycles. The van der Waals surface area contributed by atoms with Crippen molar-refractivity contribution in [1.29, 1.82) is 0 Å². The van der Waals surface area contributed by atoms with Crippen molar-refractivity contribution >= 4 is 11.9 Å². The fourth-order valence-electron chi connectivity index (χ4n) is 2.43. The molecule has 146 valence electrons. The zero-order valence-electron chi connectivity index (χ0n) is 16.1. The van der Waals surface area contributed by atoms with Crippen molar-refractivity contribution < 1.29 is 33.6 Å². The largest absolute Gasteiger partial charge is 0.493 e. The molecule has 26 heavy (non-hydrogen) atoms. The van der Waals surface area contributed by atoms with Crippen molar-refractivity contribution in [3.05, 3.63) is 17.7 Å². The van der Waals surface area contributed by atoms with Crippen LogP contribution < -0.4 is 14.2 Å². The molecule has 1 rings (SSSR count). The molecular weight excluding hydrogens is 342 g/mol. The highest BCUT2D eigenvalue weighted by Crippen LogP contribution is 2.38. The van der Waals surface area contributed by atoms with Crippen molar-refractivity contribution in [2.45, 2.75) is 25.8 Å². The molecule has 0 saturated carbocycles. The molecule has 0 aromatic heterocycles. The third kappa shape index (κ3) is 4.78. The van der Waals surface area contributed by atoms with Crippen LogP contribution in [0.1, 0.15) is 30.6 Å². The summed E-state index contributed by atoms with van der Waals surface area (Å²) in [5.41, 5.74) is -0.600. The molecule has 1 aromatic rings. The lowest BCUT2D eigenvalue weighted by molar-refractivity contribution is -0.141. The quantitative estimate of drug-likeness (QED) is 0.659. The van der Waals surface area contributed by atoms with E-state index < -0.39 is 11.5 Å². The summed E-state index contributed by atoms with van der Waals surface area (Å²) >= 11 is 0. The Balaban J connectivity index is 3.31. The van der Waals surface area contributed by atoms with Gasteiger partial charge in [0.2, 0.25) is 5.75 Å². The summed E-state index contributed by atoms with van der Waals surface area (Å²) in [6.45, 7) is 3.24. The first-order valence-corrected chi connectivity index (χ1v) is 8.05. The van der Waals surface area contributed by atoms with Crippen LogP contribution in [0.2, 0.25) is 0 Å². The van der Waals surface area contributed by atoms with Gasteiger partial charge in [0.25, 0.3) is 5.91 Å². The van der Waals surface area contributed by atoms with Crippen LogP contribution >= 0.6 is 0 Å². The Morgan fingerprint density at radius 2 is 1.58 bits per heavy atom. The van der Waals surface area contributed by atoms with E-state index in [4.69, 9.17) is 14.2 Å². The molecule has 0 aliphatic rings. The van der Waals surface area contributed by atoms with Crippen LogP contribution in [0.15, 0.2) is 12.1 Å². The molecule has 8 heteroatoms. The van der Waals surface area contributed by atoms with Gasteiger partial charge in [-0.3, -0.25) is 9.59 Å². The Labute approximate surface area is 153 Å². The third-order valence-corrected chi connectivity index (χ3v) is 4.04. The monoisotopic (exact) mass is 369 g/mol. The first-order valence-electron chi connectivity index (χ1n) is 8.05. The number of carbonyl (C=O) groups is 2. The van der Waals surface area contributed by atoms with Gasteiger partial charge in [0.1, 0.15) is 0 Å². The molecule has 1 aromatic carbocycles. The Morgan fingerprint density at radius 3 is 1.96 bits per heavy atom. The van der Waals surface area contributed by atoms with E-state index in [-0.39, 0.29) is 31.0 Å². The van der Waals surface area contributed by atoms with E-state index in [9.17, 15) is 14.7 Å². The first-order chi connectivity index (χ1) is 12.2. The van der Waals surface area contributed by atoms with Crippen molar-refractivity contribution in [3.8, 4) is 17.2 Å². The number of aliphatic hydroxyl groups is 1. The highest BCUT2D eigenvalue weighted by Gasteiger charge is 2.32. The molecule has 0 unspecified atom stereocenters. The van der Waals surface area contributed by atoms with Gasteiger partial charge < -0.3 is 29.0 Å². The number of hydrogen-bond donors (Lipinski definition) is 1. The Hall–Kier alpha value is -2.48. The molecule has 0 aliphatic carbocycles. The van der Waals surface area contributed by atoms with Gasteiger partial charge in [0.05, 0.1) is 47.0 Å². The topological polar surface area (TPSA) is 94.5 Å². The molecular formula is C18H27NO7. The average molecular weight is 369 g/mol. The van der Waals surface area contributed by atoms with E-state index in [0.717, 1.165) is 0 Å². The van der Waals surface area contributed by atoms with Crippen LogP contribution in [-0.2, 0) is 9.53 Å². The SMILES string of the molecule is COC(=O)CCN(C(=O)c1cc(OC)c(OC)c(OC)c1)C(C)(C)CO. The number of aliphatic hydroxyl groups excluding tert-OH is 1. The number of ether oxygens (including phenoxy) is 4. The van der Waals surface area contributed by atoms with E-state index >= 15 is 0 Å². The maximum Gasteiger partial charge on any atom is 0.307 e. The van der Waals surface area contributed by atoms with Gasteiger partial charge in [-0.25, -0.2) is 0 Å². The maximum atomic E-state index is 13.1. The van der Waals surface area contributed by atoms with Gasteiger partial charge in [-0.15, -0.1) is 0 Å². The van der Waals surface area contributed by atoms with E-state index in [1.165, 1.54) is 45.5 Å². The first kappa shape index (κ1) is 21.6. The molecule has 0 bridgehead atoms. The Kier molecular flexibility index (Phi) is 7.70. The number of amides is 1. The molecule has 0 fully saturated rings.